The van der Waals surface area contributed by atoms with Crippen LogP contribution in [0.15, 0.2) is 36.4 Å². The lowest BCUT2D eigenvalue weighted by molar-refractivity contribution is -0.133. The van der Waals surface area contributed by atoms with Crippen LogP contribution in [-0.2, 0) is 29.0 Å². The largest absolute Gasteiger partial charge is 0.393 e. The number of aromatic nitrogens is 3. The Kier molecular flexibility index (Phi) is 7.96. The Hall–Kier alpha value is -4.41. The van der Waals surface area contributed by atoms with Crippen molar-refractivity contribution in [2.24, 2.45) is 5.41 Å². The number of benzene rings is 2. The van der Waals surface area contributed by atoms with E-state index in [1.165, 1.54) is 11.6 Å². The first-order chi connectivity index (χ1) is 22.5. The molecule has 3 saturated heterocycles. The van der Waals surface area contributed by atoms with Gasteiger partial charge in [0.25, 0.3) is 0 Å². The van der Waals surface area contributed by atoms with E-state index in [4.69, 9.17) is 4.74 Å². The van der Waals surface area contributed by atoms with Crippen molar-refractivity contribution in [2.45, 2.75) is 51.6 Å². The molecule has 0 unspecified atom stereocenters. The topological polar surface area (TPSA) is 111 Å². The fourth-order valence-corrected chi connectivity index (χ4v) is 7.34. The average molecular weight is 647 g/mol. The number of anilines is 2. The van der Waals surface area contributed by atoms with Crippen LogP contribution in [0.3, 0.4) is 0 Å². The lowest BCUT2D eigenvalue weighted by Gasteiger charge is -2.54. The van der Waals surface area contributed by atoms with Crippen LogP contribution in [0.25, 0.3) is 21.8 Å². The summed E-state index contributed by atoms with van der Waals surface area (Å²) in [5, 5.41) is 17.4. The van der Waals surface area contributed by atoms with Crippen molar-refractivity contribution in [3.05, 3.63) is 58.8 Å². The van der Waals surface area contributed by atoms with E-state index in [1.54, 1.807) is 19.2 Å². The standard InChI is InChI=1S/C34H37F3N8O2/c1-21-23(4-6-29-26(21)12-24(14-38)45(29)17-25-15-40-30(46)18-47-25)16-43-9-7-33(8-10-43)19-44(20-33)31-27-11-22(13-34(35,36)37)3-5-28(27)41-32(39-2)42-31/h3-6,11-12,25H,7-10,13,15-20H2,1-2H3,(H,40,46)(H,39,41,42)/t25-/m0/s1. The van der Waals surface area contributed by atoms with Gasteiger partial charge in [-0.2, -0.15) is 23.4 Å². The fourth-order valence-electron chi connectivity index (χ4n) is 7.34. The number of alkyl halides is 3. The molecular weight excluding hydrogens is 609 g/mol. The molecule has 13 heteroatoms. The molecule has 2 aromatic carbocycles. The second kappa shape index (κ2) is 12.0. The lowest BCUT2D eigenvalue weighted by atomic mass is 9.72. The van der Waals surface area contributed by atoms with Crippen molar-refractivity contribution in [1.82, 2.24) is 24.8 Å². The fraction of sp³-hybridized carbons (Fsp3) is 0.471. The molecule has 5 heterocycles. The van der Waals surface area contributed by atoms with Gasteiger partial charge in [-0.15, -0.1) is 0 Å². The van der Waals surface area contributed by atoms with Crippen molar-refractivity contribution in [3.63, 3.8) is 0 Å². The molecule has 246 valence electrons. The lowest BCUT2D eigenvalue weighted by Crippen LogP contribution is -2.60. The Labute approximate surface area is 270 Å². The van der Waals surface area contributed by atoms with Gasteiger partial charge in [0.05, 0.1) is 24.6 Å². The Bertz CT molecular complexity index is 1870. The number of hydrogen-bond donors (Lipinski definition) is 2. The zero-order chi connectivity index (χ0) is 32.9. The number of nitrogens with zero attached hydrogens (tertiary/aromatic N) is 6. The van der Waals surface area contributed by atoms with Crippen LogP contribution in [-0.4, -0.2) is 84.0 Å². The molecule has 0 saturated carbocycles. The first kappa shape index (κ1) is 31.2. The van der Waals surface area contributed by atoms with E-state index in [1.807, 2.05) is 10.6 Å². The zero-order valence-corrected chi connectivity index (χ0v) is 26.5. The number of carbonyl (C=O) groups excluding carboxylic acids is 1. The molecule has 4 aromatic rings. The molecule has 10 nitrogen and oxygen atoms in total. The van der Waals surface area contributed by atoms with Gasteiger partial charge in [0.2, 0.25) is 11.9 Å². The number of halogens is 3. The molecule has 7 rings (SSSR count). The minimum absolute atomic E-state index is 0.0328. The number of morpholine rings is 1. The Morgan fingerprint density at radius 3 is 2.60 bits per heavy atom. The highest BCUT2D eigenvalue weighted by atomic mass is 19.4. The molecule has 1 spiro atoms. The number of hydrogen-bond acceptors (Lipinski definition) is 8. The Morgan fingerprint density at radius 1 is 1.13 bits per heavy atom. The average Bonchev–Trinajstić information content (AvgIpc) is 3.39. The third kappa shape index (κ3) is 6.19. The van der Waals surface area contributed by atoms with Gasteiger partial charge in [-0.25, -0.2) is 4.98 Å². The van der Waals surface area contributed by atoms with Crippen molar-refractivity contribution >= 4 is 39.5 Å². The number of nitriles is 1. The van der Waals surface area contributed by atoms with Crippen molar-refractivity contribution in [3.8, 4) is 6.07 Å². The first-order valence-electron chi connectivity index (χ1n) is 16.0. The van der Waals surface area contributed by atoms with E-state index in [2.05, 4.69) is 55.5 Å². The summed E-state index contributed by atoms with van der Waals surface area (Å²) >= 11 is 0. The molecule has 2 N–H and O–H groups in total. The SMILES string of the molecule is CNc1nc(N2CC3(CCN(Cc4ccc5c(cc(C#N)n5C[C@@H]5CNC(=O)CO5)c4C)CC3)C2)c2cc(CC(F)(F)F)ccc2n1. The summed E-state index contributed by atoms with van der Waals surface area (Å²) in [6.45, 7) is 7.39. The van der Waals surface area contributed by atoms with E-state index < -0.39 is 12.6 Å². The van der Waals surface area contributed by atoms with E-state index >= 15 is 0 Å². The van der Waals surface area contributed by atoms with Crippen LogP contribution in [0.2, 0.25) is 0 Å². The number of amides is 1. The minimum atomic E-state index is -4.28. The van der Waals surface area contributed by atoms with Crippen LogP contribution >= 0.6 is 0 Å². The van der Waals surface area contributed by atoms with Gasteiger partial charge in [0.1, 0.15) is 24.2 Å². The summed E-state index contributed by atoms with van der Waals surface area (Å²) in [6, 6.07) is 13.2. The maximum absolute atomic E-state index is 13.1. The summed E-state index contributed by atoms with van der Waals surface area (Å²) in [5.41, 5.74) is 4.93. The third-order valence-electron chi connectivity index (χ3n) is 9.98. The number of rotatable bonds is 7. The number of piperidine rings is 1. The summed E-state index contributed by atoms with van der Waals surface area (Å²) in [5.74, 6) is 1.01. The van der Waals surface area contributed by atoms with Gasteiger partial charge in [0.15, 0.2) is 0 Å². The van der Waals surface area contributed by atoms with E-state index in [9.17, 15) is 23.2 Å². The predicted octanol–water partition coefficient (Wildman–Crippen LogP) is 4.53. The van der Waals surface area contributed by atoms with Gasteiger partial charge >= 0.3 is 6.18 Å². The van der Waals surface area contributed by atoms with Crippen molar-refractivity contribution < 1.29 is 22.7 Å². The smallest absolute Gasteiger partial charge is 0.365 e. The van der Waals surface area contributed by atoms with Gasteiger partial charge in [-0.1, -0.05) is 12.1 Å². The highest BCUT2D eigenvalue weighted by Crippen LogP contribution is 2.44. The monoisotopic (exact) mass is 646 g/mol. The van der Waals surface area contributed by atoms with Crippen LogP contribution in [0, 0.1) is 23.7 Å². The minimum Gasteiger partial charge on any atom is -0.365 e. The zero-order valence-electron chi connectivity index (χ0n) is 26.5. The predicted molar refractivity (Wildman–Crippen MR) is 172 cm³/mol. The maximum Gasteiger partial charge on any atom is 0.393 e. The molecular formula is C34H37F3N8O2. The summed E-state index contributed by atoms with van der Waals surface area (Å²) in [4.78, 5) is 25.3. The quantitative estimate of drug-likeness (QED) is 0.302. The highest BCUT2D eigenvalue weighted by molar-refractivity contribution is 5.91. The molecule has 0 aliphatic carbocycles. The van der Waals surface area contributed by atoms with Gasteiger partial charge in [-0.3, -0.25) is 9.69 Å². The molecule has 3 aliphatic rings. The third-order valence-corrected chi connectivity index (χ3v) is 9.98. The molecule has 3 fully saturated rings. The van der Waals surface area contributed by atoms with Crippen LogP contribution in [0.5, 0.6) is 0 Å². The number of aryl methyl sites for hydroxylation is 1. The van der Waals surface area contributed by atoms with E-state index in [0.29, 0.717) is 41.5 Å². The number of fused-ring (bicyclic) bond motifs is 2. The van der Waals surface area contributed by atoms with Gasteiger partial charge in [0, 0.05) is 54.9 Å². The normalized spacial score (nSPS) is 20.0. The van der Waals surface area contributed by atoms with Gasteiger partial charge < -0.3 is 24.8 Å². The number of carbonyl (C=O) groups is 1. The highest BCUT2D eigenvalue weighted by Gasteiger charge is 2.46. The molecule has 47 heavy (non-hydrogen) atoms. The van der Waals surface area contributed by atoms with Crippen LogP contribution in [0.4, 0.5) is 24.9 Å². The maximum atomic E-state index is 13.1. The first-order valence-corrected chi connectivity index (χ1v) is 16.0. The van der Waals surface area contributed by atoms with Crippen molar-refractivity contribution in [1.29, 1.82) is 5.26 Å². The molecule has 0 radical (unpaired) electrons. The van der Waals surface area contributed by atoms with Crippen LogP contribution < -0.4 is 15.5 Å². The molecule has 1 amide bonds. The molecule has 1 atom stereocenters. The summed E-state index contributed by atoms with van der Waals surface area (Å²) in [7, 11) is 1.74. The second-order valence-corrected chi connectivity index (χ2v) is 13.2. The van der Waals surface area contributed by atoms with Gasteiger partial charge in [-0.05, 0) is 73.8 Å². The summed E-state index contributed by atoms with van der Waals surface area (Å²) in [6.07, 6.45) is -3.40. The van der Waals surface area contributed by atoms with E-state index in [0.717, 1.165) is 62.0 Å². The number of nitrogens with one attached hydrogen (secondary N) is 2. The molecule has 0 bridgehead atoms. The molecule has 2 aromatic heterocycles. The van der Waals surface area contributed by atoms with Crippen molar-refractivity contribution in [2.75, 3.05) is 56.6 Å². The van der Waals surface area contributed by atoms with Crippen LogP contribution in [0.1, 0.15) is 35.2 Å². The summed E-state index contributed by atoms with van der Waals surface area (Å²) < 4.78 is 47.1. The molecule has 3 aliphatic heterocycles. The number of ether oxygens (including phenoxy) is 1. The van der Waals surface area contributed by atoms with E-state index in [-0.39, 0.29) is 29.6 Å². The Morgan fingerprint density at radius 2 is 1.91 bits per heavy atom. The number of likely N-dealkylation sites (tertiary alicyclic amines) is 1. The Balaban J connectivity index is 1.02. The second-order valence-electron chi connectivity index (χ2n) is 13.2.